The molecule has 1 heterocycles. The molecule has 0 aliphatic rings. The Balaban J connectivity index is 2.74. The van der Waals surface area contributed by atoms with Crippen molar-refractivity contribution in [3.63, 3.8) is 0 Å². The Hall–Kier alpha value is -1.24. The standard InChI is InChI=1S/C8H6F5NS/c9-15(10,11,12,13)7-1-2-8-6(5-7)3-4-14-8/h1-5,14H. The minimum Gasteiger partial charge on any atom is -0.361 e. The molecule has 1 nitrogen and oxygen atoms in total. The molecule has 2 rings (SSSR count). The second-order valence-electron chi connectivity index (χ2n) is 3.20. The first-order valence-electron chi connectivity index (χ1n) is 3.87. The third-order valence-electron chi connectivity index (χ3n) is 1.97. The number of nitrogens with one attached hydrogen (secondary N) is 1. The van der Waals surface area contributed by atoms with E-state index < -0.39 is 15.1 Å². The van der Waals surface area contributed by atoms with Gasteiger partial charge in [-0.2, -0.15) is 0 Å². The lowest BCUT2D eigenvalue weighted by Crippen LogP contribution is -2.05. The number of H-pyrrole nitrogens is 1. The van der Waals surface area contributed by atoms with Crippen LogP contribution >= 0.6 is 10.2 Å². The van der Waals surface area contributed by atoms with Crippen molar-refractivity contribution in [2.45, 2.75) is 4.90 Å². The van der Waals surface area contributed by atoms with Gasteiger partial charge in [0.1, 0.15) is 4.90 Å². The summed E-state index contributed by atoms with van der Waals surface area (Å²) in [6.45, 7) is 0. The predicted octanol–water partition coefficient (Wildman–Crippen LogP) is 4.83. The number of fused-ring (bicyclic) bond motifs is 1. The summed E-state index contributed by atoms with van der Waals surface area (Å²) < 4.78 is 61.9. The molecule has 0 aliphatic carbocycles. The molecule has 0 bridgehead atoms. The highest BCUT2D eigenvalue weighted by Gasteiger charge is 2.65. The van der Waals surface area contributed by atoms with Crippen molar-refractivity contribution < 1.29 is 19.4 Å². The van der Waals surface area contributed by atoms with Crippen molar-refractivity contribution in [2.75, 3.05) is 0 Å². The Labute approximate surface area is 81.6 Å². The van der Waals surface area contributed by atoms with E-state index in [1.165, 1.54) is 12.3 Å². The molecule has 0 spiro atoms. The molecule has 15 heavy (non-hydrogen) atoms. The van der Waals surface area contributed by atoms with E-state index >= 15 is 0 Å². The quantitative estimate of drug-likeness (QED) is 0.691. The van der Waals surface area contributed by atoms with Gasteiger partial charge in [0.25, 0.3) is 0 Å². The minimum absolute atomic E-state index is 0.112. The van der Waals surface area contributed by atoms with E-state index in [9.17, 15) is 19.4 Å². The lowest BCUT2D eigenvalue weighted by Gasteiger charge is -2.40. The lowest BCUT2D eigenvalue weighted by atomic mass is 10.2. The summed E-state index contributed by atoms with van der Waals surface area (Å²) in [4.78, 5) is 0.765. The number of hydrogen-bond donors (Lipinski definition) is 1. The first-order chi connectivity index (χ1) is 6.56. The fourth-order valence-corrected chi connectivity index (χ4v) is 1.95. The molecule has 0 atom stereocenters. The van der Waals surface area contributed by atoms with Gasteiger partial charge in [0.15, 0.2) is 0 Å². The molecule has 0 amide bonds. The summed E-state index contributed by atoms with van der Waals surface area (Å²) in [7, 11) is -9.54. The molecule has 2 aromatic rings. The lowest BCUT2D eigenvalue weighted by molar-refractivity contribution is 0.364. The maximum atomic E-state index is 12.4. The normalized spacial score (nSPS) is 17.4. The van der Waals surface area contributed by atoms with Gasteiger partial charge in [-0.15, -0.1) is 0 Å². The third kappa shape index (κ3) is 1.92. The van der Waals surface area contributed by atoms with Gasteiger partial charge in [-0.1, -0.05) is 19.4 Å². The number of rotatable bonds is 1. The summed E-state index contributed by atoms with van der Waals surface area (Å²) in [5, 5.41) is 0.112. The smallest absolute Gasteiger partial charge is 0.310 e. The van der Waals surface area contributed by atoms with Gasteiger partial charge < -0.3 is 4.98 Å². The average molecular weight is 243 g/mol. The van der Waals surface area contributed by atoms with E-state index in [4.69, 9.17) is 0 Å². The first-order valence-corrected chi connectivity index (χ1v) is 5.83. The highest BCUT2D eigenvalue weighted by molar-refractivity contribution is 8.45. The van der Waals surface area contributed by atoms with E-state index in [-0.39, 0.29) is 5.39 Å². The topological polar surface area (TPSA) is 15.8 Å². The van der Waals surface area contributed by atoms with Crippen LogP contribution in [0.3, 0.4) is 0 Å². The molecule has 1 aromatic heterocycles. The van der Waals surface area contributed by atoms with Crippen LogP contribution in [0.25, 0.3) is 10.9 Å². The van der Waals surface area contributed by atoms with E-state index in [2.05, 4.69) is 4.98 Å². The first kappa shape index (κ1) is 10.3. The molecule has 7 heteroatoms. The minimum atomic E-state index is -9.54. The molecular formula is C8H6F5NS. The van der Waals surface area contributed by atoms with E-state index in [1.807, 2.05) is 0 Å². The average Bonchev–Trinajstić information content (AvgIpc) is 2.45. The monoisotopic (exact) mass is 243 g/mol. The van der Waals surface area contributed by atoms with Gasteiger partial charge in [-0.25, -0.2) is 0 Å². The van der Waals surface area contributed by atoms with Crippen molar-refractivity contribution in [3.8, 4) is 0 Å². The zero-order valence-corrected chi connectivity index (χ0v) is 8.00. The molecule has 1 aromatic carbocycles. The zero-order chi connectivity index (χ0) is 11.4. The highest BCUT2D eigenvalue weighted by atomic mass is 32.5. The second kappa shape index (κ2) is 2.13. The maximum absolute atomic E-state index is 12.4. The van der Waals surface area contributed by atoms with Crippen molar-refractivity contribution in [1.82, 2.24) is 4.98 Å². The van der Waals surface area contributed by atoms with Gasteiger partial charge >= 0.3 is 10.2 Å². The number of hydrogen-bond acceptors (Lipinski definition) is 0. The van der Waals surface area contributed by atoms with Gasteiger partial charge in [-0.3, -0.25) is 0 Å². The van der Waals surface area contributed by atoms with Crippen LogP contribution in [0, 0.1) is 0 Å². The third-order valence-corrected chi connectivity index (χ3v) is 3.11. The van der Waals surface area contributed by atoms with E-state index in [0.717, 1.165) is 6.07 Å². The molecule has 0 fully saturated rings. The maximum Gasteiger partial charge on any atom is 0.310 e. The number of aromatic amines is 1. The van der Waals surface area contributed by atoms with Crippen LogP contribution in [-0.2, 0) is 0 Å². The second-order valence-corrected chi connectivity index (χ2v) is 5.61. The summed E-state index contributed by atoms with van der Waals surface area (Å²) in [6, 6.07) is 3.14. The Bertz CT molecular complexity index is 526. The van der Waals surface area contributed by atoms with E-state index in [0.29, 0.717) is 17.6 Å². The van der Waals surface area contributed by atoms with E-state index in [1.54, 1.807) is 0 Å². The number of halogens is 5. The summed E-state index contributed by atoms with van der Waals surface area (Å²) in [5.74, 6) is 0. The Kier molecular flexibility index (Phi) is 1.46. The van der Waals surface area contributed by atoms with Gasteiger partial charge in [0.05, 0.1) is 0 Å². The van der Waals surface area contributed by atoms with Crippen molar-refractivity contribution in [2.24, 2.45) is 0 Å². The summed E-state index contributed by atoms with van der Waals surface area (Å²) in [6.07, 6.45) is 1.39. The van der Waals surface area contributed by atoms with Gasteiger partial charge in [-0.05, 0) is 24.3 Å². The Morgan fingerprint density at radius 1 is 0.933 bits per heavy atom. The molecular weight excluding hydrogens is 237 g/mol. The van der Waals surface area contributed by atoms with Gasteiger partial charge in [0, 0.05) is 17.1 Å². The van der Waals surface area contributed by atoms with Crippen LogP contribution < -0.4 is 0 Å². The summed E-state index contributed by atoms with van der Waals surface area (Å²) in [5.41, 5.74) is 0.389. The fourth-order valence-electron chi connectivity index (χ4n) is 1.27. The fraction of sp³-hybridized carbons (Fsp3) is 0. The molecule has 0 radical (unpaired) electrons. The molecule has 0 saturated carbocycles. The summed E-state index contributed by atoms with van der Waals surface area (Å²) >= 11 is 0. The highest BCUT2D eigenvalue weighted by Crippen LogP contribution is 3.02. The van der Waals surface area contributed by atoms with Crippen LogP contribution in [-0.4, -0.2) is 4.98 Å². The van der Waals surface area contributed by atoms with Crippen molar-refractivity contribution in [1.29, 1.82) is 0 Å². The van der Waals surface area contributed by atoms with Crippen LogP contribution in [0.5, 0.6) is 0 Å². The van der Waals surface area contributed by atoms with Crippen LogP contribution in [0.15, 0.2) is 35.4 Å². The predicted molar refractivity (Wildman–Crippen MR) is 49.7 cm³/mol. The molecule has 0 unspecified atom stereocenters. The van der Waals surface area contributed by atoms with Crippen molar-refractivity contribution >= 4 is 21.1 Å². The number of aromatic nitrogens is 1. The Morgan fingerprint density at radius 3 is 2.20 bits per heavy atom. The molecule has 1 N–H and O–H groups in total. The van der Waals surface area contributed by atoms with Crippen molar-refractivity contribution in [3.05, 3.63) is 30.5 Å². The molecule has 84 valence electrons. The zero-order valence-electron chi connectivity index (χ0n) is 7.18. The molecule has 0 aliphatic heterocycles. The Morgan fingerprint density at radius 2 is 1.60 bits per heavy atom. The number of benzene rings is 1. The van der Waals surface area contributed by atoms with Gasteiger partial charge in [0.2, 0.25) is 0 Å². The van der Waals surface area contributed by atoms with Crippen LogP contribution in [0.2, 0.25) is 0 Å². The molecule has 0 saturated heterocycles. The van der Waals surface area contributed by atoms with Crippen LogP contribution in [0.1, 0.15) is 0 Å². The SMILES string of the molecule is FS(F)(F)(F)(F)c1ccc2[nH]ccc2c1. The van der Waals surface area contributed by atoms with Crippen LogP contribution in [0.4, 0.5) is 19.4 Å². The largest absolute Gasteiger partial charge is 0.361 e.